The third kappa shape index (κ3) is 4.48. The van der Waals surface area contributed by atoms with Gasteiger partial charge >= 0.3 is 0 Å². The molecule has 0 spiro atoms. The van der Waals surface area contributed by atoms with Crippen molar-refractivity contribution in [3.05, 3.63) is 35.9 Å². The Labute approximate surface area is 129 Å². The largest absolute Gasteiger partial charge is 0.381 e. The van der Waals surface area contributed by atoms with E-state index in [2.05, 4.69) is 11.4 Å². The molecule has 1 heterocycles. The molecule has 0 unspecified atom stereocenters. The maximum Gasteiger partial charge on any atom is 0.234 e. The summed E-state index contributed by atoms with van der Waals surface area (Å²) in [4.78, 5) is 12.3. The van der Waals surface area contributed by atoms with Crippen LogP contribution in [0.3, 0.4) is 0 Å². The zero-order valence-corrected chi connectivity index (χ0v) is 13.0. The normalized spacial score (nSPS) is 18.5. The number of thioether (sulfide) groups is 1. The molecule has 0 bridgehead atoms. The maximum atomic E-state index is 12.3. The summed E-state index contributed by atoms with van der Waals surface area (Å²) in [5.41, 5.74) is 0.444. The first-order valence-corrected chi connectivity index (χ1v) is 8.17. The van der Waals surface area contributed by atoms with E-state index < -0.39 is 5.54 Å². The van der Waals surface area contributed by atoms with E-state index in [9.17, 15) is 10.1 Å². The highest BCUT2D eigenvalue weighted by molar-refractivity contribution is 7.99. The molecular formula is C16H20N2O2S. The molecule has 0 aromatic heterocycles. The lowest BCUT2D eigenvalue weighted by Gasteiger charge is -2.32. The van der Waals surface area contributed by atoms with E-state index >= 15 is 0 Å². The molecule has 1 N–H and O–H groups in total. The van der Waals surface area contributed by atoms with Crippen LogP contribution in [0.4, 0.5) is 0 Å². The number of rotatable bonds is 5. The number of benzene rings is 1. The lowest BCUT2D eigenvalue weighted by molar-refractivity contribution is -0.122. The summed E-state index contributed by atoms with van der Waals surface area (Å²) < 4.78 is 5.27. The van der Waals surface area contributed by atoms with Gasteiger partial charge in [-0.3, -0.25) is 4.79 Å². The molecule has 1 aromatic rings. The van der Waals surface area contributed by atoms with Crippen molar-refractivity contribution in [3.63, 3.8) is 0 Å². The van der Waals surface area contributed by atoms with Crippen LogP contribution in [0.25, 0.3) is 0 Å². The predicted molar refractivity (Wildman–Crippen MR) is 83.7 cm³/mol. The molecule has 112 valence electrons. The molecule has 1 fully saturated rings. The van der Waals surface area contributed by atoms with Gasteiger partial charge in [-0.2, -0.15) is 5.26 Å². The summed E-state index contributed by atoms with van der Waals surface area (Å²) in [6.07, 6.45) is 1.12. The van der Waals surface area contributed by atoms with Gasteiger partial charge in [0.05, 0.1) is 11.3 Å². The van der Waals surface area contributed by atoms with Crippen LogP contribution in [0.5, 0.6) is 0 Å². The zero-order chi connectivity index (χ0) is 15.1. The van der Waals surface area contributed by atoms with Gasteiger partial charge in [0.2, 0.25) is 5.91 Å². The molecule has 1 amide bonds. The highest BCUT2D eigenvalue weighted by Gasteiger charge is 2.35. The van der Waals surface area contributed by atoms with Crippen molar-refractivity contribution in [2.24, 2.45) is 0 Å². The van der Waals surface area contributed by atoms with Crippen molar-refractivity contribution in [1.82, 2.24) is 5.32 Å². The van der Waals surface area contributed by atoms with Crippen LogP contribution in [-0.4, -0.2) is 29.9 Å². The number of amides is 1. The van der Waals surface area contributed by atoms with Gasteiger partial charge in [-0.1, -0.05) is 30.3 Å². The zero-order valence-electron chi connectivity index (χ0n) is 12.2. The minimum atomic E-state index is -0.753. The summed E-state index contributed by atoms with van der Waals surface area (Å²) in [5, 5.41) is 12.1. The van der Waals surface area contributed by atoms with Gasteiger partial charge in [0.15, 0.2) is 0 Å². The SMILES string of the molecule is C[C@@H](SCc1ccccc1)C(=O)NC1(C#N)CCOCC1. The minimum absolute atomic E-state index is 0.0700. The first kappa shape index (κ1) is 15.9. The third-order valence-electron chi connectivity index (χ3n) is 3.63. The standard InChI is InChI=1S/C16H20N2O2S/c1-13(21-11-14-5-3-2-4-6-14)15(19)18-16(12-17)7-9-20-10-8-16/h2-6,13H,7-11H2,1H3,(H,18,19)/t13-/m1/s1. The average Bonchev–Trinajstić information content (AvgIpc) is 2.54. The van der Waals surface area contributed by atoms with Gasteiger partial charge in [-0.05, 0) is 12.5 Å². The molecule has 21 heavy (non-hydrogen) atoms. The number of nitrogens with zero attached hydrogens (tertiary/aromatic N) is 1. The van der Waals surface area contributed by atoms with E-state index in [4.69, 9.17) is 4.74 Å². The molecule has 1 aliphatic rings. The highest BCUT2D eigenvalue weighted by atomic mass is 32.2. The van der Waals surface area contributed by atoms with Crippen LogP contribution in [0.1, 0.15) is 25.3 Å². The maximum absolute atomic E-state index is 12.3. The smallest absolute Gasteiger partial charge is 0.234 e. The van der Waals surface area contributed by atoms with Gasteiger partial charge in [0.25, 0.3) is 0 Å². The first-order chi connectivity index (χ1) is 10.2. The second kappa shape index (κ2) is 7.48. The van der Waals surface area contributed by atoms with Gasteiger partial charge < -0.3 is 10.1 Å². The molecule has 0 saturated carbocycles. The number of hydrogen-bond acceptors (Lipinski definition) is 4. The molecule has 5 heteroatoms. The van der Waals surface area contributed by atoms with Gasteiger partial charge in [0, 0.05) is 31.8 Å². The Kier molecular flexibility index (Phi) is 5.66. The van der Waals surface area contributed by atoms with Gasteiger partial charge in [-0.15, -0.1) is 11.8 Å². The monoisotopic (exact) mass is 304 g/mol. The van der Waals surface area contributed by atoms with Crippen LogP contribution >= 0.6 is 11.8 Å². The van der Waals surface area contributed by atoms with Crippen molar-refractivity contribution in [2.45, 2.75) is 36.3 Å². The Morgan fingerprint density at radius 1 is 1.43 bits per heavy atom. The van der Waals surface area contributed by atoms with E-state index in [0.29, 0.717) is 26.1 Å². The molecule has 2 rings (SSSR count). The number of carbonyl (C=O) groups is 1. The Morgan fingerprint density at radius 3 is 2.71 bits per heavy atom. The quantitative estimate of drug-likeness (QED) is 0.908. The van der Waals surface area contributed by atoms with Crippen LogP contribution in [0.2, 0.25) is 0 Å². The van der Waals surface area contributed by atoms with E-state index in [1.807, 2.05) is 37.3 Å². The number of hydrogen-bond donors (Lipinski definition) is 1. The number of carbonyl (C=O) groups excluding carboxylic acids is 1. The first-order valence-electron chi connectivity index (χ1n) is 7.12. The topological polar surface area (TPSA) is 62.1 Å². The molecule has 4 nitrogen and oxygen atoms in total. The van der Waals surface area contributed by atoms with E-state index in [0.717, 1.165) is 5.75 Å². The number of nitriles is 1. The van der Waals surface area contributed by atoms with Gasteiger partial charge in [-0.25, -0.2) is 0 Å². The fraction of sp³-hybridized carbons (Fsp3) is 0.500. The Balaban J connectivity index is 1.86. The van der Waals surface area contributed by atoms with Crippen molar-refractivity contribution in [3.8, 4) is 6.07 Å². The van der Waals surface area contributed by atoms with Gasteiger partial charge in [0.1, 0.15) is 5.54 Å². The molecule has 0 radical (unpaired) electrons. The molecule has 1 aromatic carbocycles. The molecule has 1 atom stereocenters. The molecule has 1 aliphatic heterocycles. The van der Waals surface area contributed by atoms with E-state index in [1.165, 1.54) is 5.56 Å². The second-order valence-electron chi connectivity index (χ2n) is 5.23. The Morgan fingerprint density at radius 2 is 2.10 bits per heavy atom. The Hall–Kier alpha value is -1.51. The van der Waals surface area contributed by atoms with E-state index in [1.54, 1.807) is 11.8 Å². The van der Waals surface area contributed by atoms with Crippen molar-refractivity contribution >= 4 is 17.7 Å². The van der Waals surface area contributed by atoms with Crippen LogP contribution in [0, 0.1) is 11.3 Å². The number of nitrogens with one attached hydrogen (secondary N) is 1. The minimum Gasteiger partial charge on any atom is -0.381 e. The number of ether oxygens (including phenoxy) is 1. The third-order valence-corrected chi connectivity index (χ3v) is 4.85. The highest BCUT2D eigenvalue weighted by Crippen LogP contribution is 2.22. The summed E-state index contributed by atoms with van der Waals surface area (Å²) >= 11 is 1.58. The van der Waals surface area contributed by atoms with E-state index in [-0.39, 0.29) is 11.2 Å². The van der Waals surface area contributed by atoms with Crippen LogP contribution in [-0.2, 0) is 15.3 Å². The summed E-state index contributed by atoms with van der Waals surface area (Å²) in [7, 11) is 0. The molecular weight excluding hydrogens is 284 g/mol. The average molecular weight is 304 g/mol. The molecule has 1 saturated heterocycles. The Bertz CT molecular complexity index is 507. The fourth-order valence-corrected chi connectivity index (χ4v) is 3.04. The van der Waals surface area contributed by atoms with Crippen LogP contribution in [0.15, 0.2) is 30.3 Å². The predicted octanol–water partition coefficient (Wildman–Crippen LogP) is 2.50. The summed E-state index contributed by atoms with van der Waals surface area (Å²) in [5.74, 6) is 0.720. The van der Waals surface area contributed by atoms with Crippen molar-refractivity contribution < 1.29 is 9.53 Å². The van der Waals surface area contributed by atoms with Crippen LogP contribution < -0.4 is 5.32 Å². The summed E-state index contributed by atoms with van der Waals surface area (Å²) in [6.45, 7) is 2.94. The van der Waals surface area contributed by atoms with Crippen molar-refractivity contribution in [1.29, 1.82) is 5.26 Å². The molecule has 0 aliphatic carbocycles. The second-order valence-corrected chi connectivity index (χ2v) is 6.56. The lowest BCUT2D eigenvalue weighted by Crippen LogP contribution is -2.52. The summed E-state index contributed by atoms with van der Waals surface area (Å²) in [6, 6.07) is 12.3. The van der Waals surface area contributed by atoms with Crippen molar-refractivity contribution in [2.75, 3.05) is 13.2 Å². The lowest BCUT2D eigenvalue weighted by atomic mass is 9.91. The fourth-order valence-electron chi connectivity index (χ4n) is 2.19.